The van der Waals surface area contributed by atoms with Crippen LogP contribution in [0.2, 0.25) is 0 Å². The number of halogens is 2. The molecule has 1 aromatic rings. The van der Waals surface area contributed by atoms with Crippen LogP contribution in [0.3, 0.4) is 0 Å². The molecular formula is C18H27Cl2N3O. The molecule has 0 spiro atoms. The third-order valence-electron chi connectivity index (χ3n) is 5.46. The van der Waals surface area contributed by atoms with Crippen molar-refractivity contribution in [2.24, 2.45) is 11.8 Å². The number of hydrogen-bond acceptors (Lipinski definition) is 3. The average Bonchev–Trinajstić information content (AvgIpc) is 3.23. The van der Waals surface area contributed by atoms with Gasteiger partial charge in [0, 0.05) is 38.3 Å². The highest BCUT2D eigenvalue weighted by molar-refractivity contribution is 5.94. The number of likely N-dealkylation sites (tertiary alicyclic amines) is 2. The Morgan fingerprint density at radius 2 is 1.75 bits per heavy atom. The number of fused-ring (bicyclic) bond motifs is 1. The van der Waals surface area contributed by atoms with Gasteiger partial charge in [0.05, 0.1) is 0 Å². The average molecular weight is 372 g/mol. The number of benzene rings is 1. The summed E-state index contributed by atoms with van der Waals surface area (Å²) in [5, 5.41) is 3.43. The molecule has 1 N–H and O–H groups in total. The first-order chi connectivity index (χ1) is 10.8. The predicted octanol–water partition coefficient (Wildman–Crippen LogP) is 2.42. The Morgan fingerprint density at radius 1 is 1.08 bits per heavy atom. The van der Waals surface area contributed by atoms with Gasteiger partial charge in [-0.25, -0.2) is 0 Å². The van der Waals surface area contributed by atoms with Gasteiger partial charge in [0.1, 0.15) is 0 Å². The predicted molar refractivity (Wildman–Crippen MR) is 101 cm³/mol. The molecule has 3 aliphatic heterocycles. The third kappa shape index (κ3) is 4.05. The van der Waals surface area contributed by atoms with E-state index < -0.39 is 0 Å². The molecule has 3 saturated heterocycles. The summed E-state index contributed by atoms with van der Waals surface area (Å²) in [5.41, 5.74) is 2.14. The molecule has 0 radical (unpaired) electrons. The van der Waals surface area contributed by atoms with Crippen LogP contribution in [0.1, 0.15) is 28.8 Å². The lowest BCUT2D eigenvalue weighted by Gasteiger charge is -2.19. The molecule has 3 heterocycles. The van der Waals surface area contributed by atoms with E-state index in [2.05, 4.69) is 27.2 Å². The van der Waals surface area contributed by atoms with Crippen molar-refractivity contribution in [2.75, 3.05) is 39.3 Å². The van der Waals surface area contributed by atoms with Crippen LogP contribution in [-0.2, 0) is 6.54 Å². The summed E-state index contributed by atoms with van der Waals surface area (Å²) in [6.45, 7) is 7.37. The van der Waals surface area contributed by atoms with Gasteiger partial charge >= 0.3 is 0 Å². The Hall–Kier alpha value is -0.810. The van der Waals surface area contributed by atoms with E-state index in [-0.39, 0.29) is 30.7 Å². The number of carbonyl (C=O) groups excluding carboxylic acids is 1. The number of amides is 1. The molecule has 3 fully saturated rings. The molecular weight excluding hydrogens is 345 g/mol. The van der Waals surface area contributed by atoms with Crippen LogP contribution >= 0.6 is 24.8 Å². The zero-order chi connectivity index (χ0) is 14.9. The van der Waals surface area contributed by atoms with Gasteiger partial charge in [-0.2, -0.15) is 0 Å². The van der Waals surface area contributed by atoms with Crippen LogP contribution in [0.15, 0.2) is 24.3 Å². The fourth-order valence-electron chi connectivity index (χ4n) is 4.21. The Labute approximate surface area is 156 Å². The second-order valence-corrected chi connectivity index (χ2v) is 7.07. The summed E-state index contributed by atoms with van der Waals surface area (Å²) < 4.78 is 0. The smallest absolute Gasteiger partial charge is 0.253 e. The number of carbonyl (C=O) groups is 1. The van der Waals surface area contributed by atoms with Crippen molar-refractivity contribution in [1.29, 1.82) is 0 Å². The van der Waals surface area contributed by atoms with Gasteiger partial charge in [-0.1, -0.05) is 12.1 Å². The molecule has 134 valence electrons. The van der Waals surface area contributed by atoms with E-state index in [4.69, 9.17) is 0 Å². The summed E-state index contributed by atoms with van der Waals surface area (Å²) >= 11 is 0. The Morgan fingerprint density at radius 3 is 2.42 bits per heavy atom. The molecule has 0 bridgehead atoms. The zero-order valence-corrected chi connectivity index (χ0v) is 15.6. The second kappa shape index (κ2) is 8.52. The summed E-state index contributed by atoms with van der Waals surface area (Å²) in [6, 6.07) is 8.27. The molecule has 3 aliphatic rings. The molecule has 4 nitrogen and oxygen atoms in total. The fraction of sp³-hybridized carbons (Fsp3) is 0.611. The van der Waals surface area contributed by atoms with Crippen LogP contribution < -0.4 is 5.32 Å². The molecule has 0 unspecified atom stereocenters. The van der Waals surface area contributed by atoms with Crippen molar-refractivity contribution in [1.82, 2.24) is 15.1 Å². The minimum absolute atomic E-state index is 0. The first kappa shape index (κ1) is 19.5. The van der Waals surface area contributed by atoms with Crippen LogP contribution in [0.4, 0.5) is 0 Å². The van der Waals surface area contributed by atoms with E-state index in [1.165, 1.54) is 31.5 Å². The van der Waals surface area contributed by atoms with Crippen molar-refractivity contribution in [3.8, 4) is 0 Å². The molecule has 0 saturated carbocycles. The maximum absolute atomic E-state index is 12.8. The maximum atomic E-state index is 12.8. The fourth-order valence-corrected chi connectivity index (χ4v) is 4.21. The molecule has 0 aromatic heterocycles. The lowest BCUT2D eigenvalue weighted by atomic mass is 10.0. The van der Waals surface area contributed by atoms with Crippen LogP contribution in [0.25, 0.3) is 0 Å². The molecule has 0 aliphatic carbocycles. The standard InChI is InChI=1S/C18H25N3O.2ClH/c22-18(21-12-16-9-19-10-17(16)13-21)15-5-3-4-14(8-15)11-20-6-1-2-7-20;;/h3-5,8,16-17,19H,1-2,6-7,9-13H2;2*1H/t16-,17+;;. The van der Waals surface area contributed by atoms with Crippen LogP contribution in [0.5, 0.6) is 0 Å². The van der Waals surface area contributed by atoms with Crippen molar-refractivity contribution >= 4 is 30.7 Å². The van der Waals surface area contributed by atoms with E-state index >= 15 is 0 Å². The molecule has 2 atom stereocenters. The number of rotatable bonds is 3. The molecule has 24 heavy (non-hydrogen) atoms. The third-order valence-corrected chi connectivity index (χ3v) is 5.46. The summed E-state index contributed by atoms with van der Waals surface area (Å²) in [6.07, 6.45) is 2.62. The van der Waals surface area contributed by atoms with Crippen molar-refractivity contribution < 1.29 is 4.79 Å². The van der Waals surface area contributed by atoms with Crippen LogP contribution in [-0.4, -0.2) is 55.0 Å². The van der Waals surface area contributed by atoms with Gasteiger partial charge in [-0.15, -0.1) is 24.8 Å². The van der Waals surface area contributed by atoms with E-state index in [0.717, 1.165) is 38.3 Å². The van der Waals surface area contributed by atoms with Gasteiger partial charge in [0.25, 0.3) is 5.91 Å². The molecule has 1 amide bonds. The van der Waals surface area contributed by atoms with Crippen molar-refractivity contribution in [3.63, 3.8) is 0 Å². The SMILES string of the molecule is Cl.Cl.O=C(c1cccc(CN2CCCC2)c1)N1C[C@H]2CNC[C@H]2C1. The van der Waals surface area contributed by atoms with E-state index in [9.17, 15) is 4.79 Å². The Kier molecular flexibility index (Phi) is 6.93. The first-order valence-corrected chi connectivity index (χ1v) is 8.61. The van der Waals surface area contributed by atoms with Gasteiger partial charge < -0.3 is 10.2 Å². The summed E-state index contributed by atoms with van der Waals surface area (Å²) in [7, 11) is 0. The largest absolute Gasteiger partial charge is 0.338 e. The number of nitrogens with zero attached hydrogens (tertiary/aromatic N) is 2. The maximum Gasteiger partial charge on any atom is 0.253 e. The lowest BCUT2D eigenvalue weighted by molar-refractivity contribution is 0.0781. The van der Waals surface area contributed by atoms with Gasteiger partial charge in [0.2, 0.25) is 0 Å². The molecule has 4 rings (SSSR count). The highest BCUT2D eigenvalue weighted by atomic mass is 35.5. The van der Waals surface area contributed by atoms with E-state index in [0.29, 0.717) is 11.8 Å². The summed E-state index contributed by atoms with van der Waals surface area (Å²) in [5.74, 6) is 1.55. The molecule has 6 heteroatoms. The first-order valence-electron chi connectivity index (χ1n) is 8.61. The zero-order valence-electron chi connectivity index (χ0n) is 13.9. The van der Waals surface area contributed by atoms with E-state index in [1.807, 2.05) is 12.1 Å². The quantitative estimate of drug-likeness (QED) is 0.885. The lowest BCUT2D eigenvalue weighted by Crippen LogP contribution is -2.32. The Balaban J connectivity index is 0.00000104. The van der Waals surface area contributed by atoms with Gasteiger partial charge in [-0.3, -0.25) is 9.69 Å². The molecule has 1 aromatic carbocycles. The minimum atomic E-state index is 0. The van der Waals surface area contributed by atoms with Gasteiger partial charge in [-0.05, 0) is 55.5 Å². The monoisotopic (exact) mass is 371 g/mol. The van der Waals surface area contributed by atoms with Crippen LogP contribution in [0, 0.1) is 11.8 Å². The van der Waals surface area contributed by atoms with Gasteiger partial charge in [0.15, 0.2) is 0 Å². The van der Waals surface area contributed by atoms with Crippen molar-refractivity contribution in [3.05, 3.63) is 35.4 Å². The highest BCUT2D eigenvalue weighted by Crippen LogP contribution is 2.27. The minimum Gasteiger partial charge on any atom is -0.338 e. The summed E-state index contributed by atoms with van der Waals surface area (Å²) in [4.78, 5) is 17.3. The van der Waals surface area contributed by atoms with Crippen molar-refractivity contribution in [2.45, 2.75) is 19.4 Å². The Bertz CT molecular complexity index is 551. The number of nitrogens with one attached hydrogen (secondary N) is 1. The van der Waals surface area contributed by atoms with E-state index in [1.54, 1.807) is 0 Å². The second-order valence-electron chi connectivity index (χ2n) is 7.07. The topological polar surface area (TPSA) is 35.6 Å². The highest BCUT2D eigenvalue weighted by Gasteiger charge is 2.38. The number of hydrogen-bond donors (Lipinski definition) is 1. The normalized spacial score (nSPS) is 25.9.